The zero-order valence-corrected chi connectivity index (χ0v) is 13.3. The third-order valence-corrected chi connectivity index (χ3v) is 3.94. The Labute approximate surface area is 130 Å². The maximum absolute atomic E-state index is 5.12. The van der Waals surface area contributed by atoms with E-state index in [0.29, 0.717) is 5.76 Å². The molecule has 0 N–H and O–H groups in total. The second-order valence-corrected chi connectivity index (χ2v) is 5.73. The molecule has 0 unspecified atom stereocenters. The van der Waals surface area contributed by atoms with Crippen LogP contribution in [0.4, 0.5) is 5.69 Å². The lowest BCUT2D eigenvalue weighted by Gasteiger charge is -2.22. The summed E-state index contributed by atoms with van der Waals surface area (Å²) in [5.74, 6) is 1.66. The second kappa shape index (κ2) is 7.74. The van der Waals surface area contributed by atoms with Crippen molar-refractivity contribution in [3.05, 3.63) is 66.5 Å². The number of para-hydroxylation sites is 1. The number of pyridine rings is 1. The molecule has 110 valence electrons. The molecule has 0 saturated heterocycles. The van der Waals surface area contributed by atoms with Gasteiger partial charge in [0.05, 0.1) is 19.3 Å². The third-order valence-electron chi connectivity index (χ3n) is 3.03. The molecule has 0 atom stereocenters. The Kier molecular flexibility index (Phi) is 5.69. The van der Waals surface area contributed by atoms with E-state index in [1.54, 1.807) is 25.3 Å². The largest absolute Gasteiger partial charge is 0.497 e. The number of hydrogen-bond donors (Lipinski definition) is 0. The fourth-order valence-electron chi connectivity index (χ4n) is 1.91. The van der Waals surface area contributed by atoms with E-state index in [4.69, 9.17) is 4.74 Å². The van der Waals surface area contributed by atoms with Crippen molar-refractivity contribution in [3.63, 3.8) is 0 Å². The maximum atomic E-state index is 5.12. The van der Waals surface area contributed by atoms with Crippen LogP contribution >= 0.6 is 11.9 Å². The van der Waals surface area contributed by atoms with Crippen LogP contribution in [0.1, 0.15) is 18.2 Å². The number of ether oxygens (including phenoxy) is 1. The molecule has 0 saturated carbocycles. The number of anilines is 1. The quantitative estimate of drug-likeness (QED) is 0.560. The Morgan fingerprint density at radius 2 is 2.00 bits per heavy atom. The Hall–Kier alpha value is -1.94. The zero-order chi connectivity index (χ0) is 15.1. The van der Waals surface area contributed by atoms with E-state index in [0.717, 1.165) is 23.6 Å². The van der Waals surface area contributed by atoms with Gasteiger partial charge in [-0.3, -0.25) is 4.98 Å². The van der Waals surface area contributed by atoms with Crippen molar-refractivity contribution in [2.75, 3.05) is 17.2 Å². The van der Waals surface area contributed by atoms with Gasteiger partial charge < -0.3 is 9.04 Å². The summed E-state index contributed by atoms with van der Waals surface area (Å²) in [7, 11) is 1.62. The first kappa shape index (κ1) is 15.4. The standard InChI is InChI=1S/C17H20N2OS/c1-4-21-19(17-8-6-5-7-9-17)13-16-11-10-15(12-18-16)14(2)20-3/h5-12H,2,4,13H2,1,3H3. The highest BCUT2D eigenvalue weighted by molar-refractivity contribution is 8.00. The number of aromatic nitrogens is 1. The highest BCUT2D eigenvalue weighted by atomic mass is 32.2. The molecule has 21 heavy (non-hydrogen) atoms. The van der Waals surface area contributed by atoms with E-state index in [2.05, 4.69) is 47.1 Å². The van der Waals surface area contributed by atoms with E-state index in [1.165, 1.54) is 5.69 Å². The molecule has 1 aromatic carbocycles. The fraction of sp³-hybridized carbons (Fsp3) is 0.235. The molecule has 3 nitrogen and oxygen atoms in total. The van der Waals surface area contributed by atoms with E-state index in [1.807, 2.05) is 18.2 Å². The summed E-state index contributed by atoms with van der Waals surface area (Å²) in [4.78, 5) is 4.50. The Bertz CT molecular complexity index is 569. The molecule has 0 fully saturated rings. The van der Waals surface area contributed by atoms with Gasteiger partial charge >= 0.3 is 0 Å². The predicted molar refractivity (Wildman–Crippen MR) is 91.0 cm³/mol. The molecule has 0 aliphatic heterocycles. The molecular weight excluding hydrogens is 280 g/mol. The van der Waals surface area contributed by atoms with Gasteiger partial charge in [0.25, 0.3) is 0 Å². The SMILES string of the molecule is C=C(OC)c1ccc(CN(SCC)c2ccccc2)nc1. The topological polar surface area (TPSA) is 25.4 Å². The molecule has 0 radical (unpaired) electrons. The van der Waals surface area contributed by atoms with Crippen molar-refractivity contribution >= 4 is 23.4 Å². The summed E-state index contributed by atoms with van der Waals surface area (Å²) in [6.07, 6.45) is 1.81. The fourth-order valence-corrected chi connectivity index (χ4v) is 2.72. The van der Waals surface area contributed by atoms with Crippen molar-refractivity contribution in [3.8, 4) is 0 Å². The van der Waals surface area contributed by atoms with Gasteiger partial charge in [-0.1, -0.05) is 31.7 Å². The number of nitrogens with zero attached hydrogens (tertiary/aromatic N) is 2. The van der Waals surface area contributed by atoms with Gasteiger partial charge in [0.1, 0.15) is 5.76 Å². The van der Waals surface area contributed by atoms with Crippen molar-refractivity contribution in [1.82, 2.24) is 4.98 Å². The average molecular weight is 300 g/mol. The molecule has 1 aromatic heterocycles. The summed E-state index contributed by atoms with van der Waals surface area (Å²) in [6, 6.07) is 14.4. The Balaban J connectivity index is 2.12. The monoisotopic (exact) mass is 300 g/mol. The molecule has 2 rings (SSSR count). The Morgan fingerprint density at radius 1 is 1.24 bits per heavy atom. The van der Waals surface area contributed by atoms with Crippen LogP contribution in [0.3, 0.4) is 0 Å². The zero-order valence-electron chi connectivity index (χ0n) is 12.5. The smallest absolute Gasteiger partial charge is 0.120 e. The molecule has 4 heteroatoms. The van der Waals surface area contributed by atoms with Crippen LogP contribution in [0.2, 0.25) is 0 Å². The van der Waals surface area contributed by atoms with Crippen molar-refractivity contribution in [1.29, 1.82) is 0 Å². The summed E-state index contributed by atoms with van der Waals surface area (Å²) in [5.41, 5.74) is 3.12. The van der Waals surface area contributed by atoms with Crippen molar-refractivity contribution in [2.45, 2.75) is 13.5 Å². The van der Waals surface area contributed by atoms with Crippen LogP contribution < -0.4 is 4.31 Å². The van der Waals surface area contributed by atoms with Crippen LogP contribution in [0, 0.1) is 0 Å². The number of rotatable bonds is 7. The lowest BCUT2D eigenvalue weighted by molar-refractivity contribution is 0.371. The second-order valence-electron chi connectivity index (χ2n) is 4.46. The van der Waals surface area contributed by atoms with Crippen molar-refractivity contribution < 1.29 is 4.74 Å². The minimum absolute atomic E-state index is 0.636. The van der Waals surface area contributed by atoms with E-state index in [-0.39, 0.29) is 0 Å². The predicted octanol–water partition coefficient (Wildman–Crippen LogP) is 4.37. The lowest BCUT2D eigenvalue weighted by atomic mass is 10.2. The van der Waals surface area contributed by atoms with Gasteiger partial charge in [0.2, 0.25) is 0 Å². The number of benzene rings is 1. The number of methoxy groups -OCH3 is 1. The van der Waals surface area contributed by atoms with Gasteiger partial charge in [0, 0.05) is 23.2 Å². The van der Waals surface area contributed by atoms with Crippen LogP contribution in [0.15, 0.2) is 55.2 Å². The molecular formula is C17H20N2OS. The first-order valence-corrected chi connectivity index (χ1v) is 7.82. The van der Waals surface area contributed by atoms with Crippen LogP contribution in [-0.2, 0) is 11.3 Å². The van der Waals surface area contributed by atoms with E-state index in [9.17, 15) is 0 Å². The van der Waals surface area contributed by atoms with E-state index < -0.39 is 0 Å². The normalized spacial score (nSPS) is 10.2. The summed E-state index contributed by atoms with van der Waals surface area (Å²) >= 11 is 1.79. The van der Waals surface area contributed by atoms with Crippen LogP contribution in [0.5, 0.6) is 0 Å². The first-order chi connectivity index (χ1) is 10.2. The summed E-state index contributed by atoms with van der Waals surface area (Å²) < 4.78 is 7.37. The van der Waals surface area contributed by atoms with Gasteiger partial charge in [0.15, 0.2) is 0 Å². The molecule has 1 heterocycles. The summed E-state index contributed by atoms with van der Waals surface area (Å²) in [5, 5.41) is 0. The van der Waals surface area contributed by atoms with Crippen molar-refractivity contribution in [2.24, 2.45) is 0 Å². The number of hydrogen-bond acceptors (Lipinski definition) is 4. The van der Waals surface area contributed by atoms with Crippen LogP contribution in [0.25, 0.3) is 5.76 Å². The molecule has 0 aliphatic carbocycles. The average Bonchev–Trinajstić information content (AvgIpc) is 2.55. The summed E-state index contributed by atoms with van der Waals surface area (Å²) in [6.45, 7) is 6.75. The lowest BCUT2D eigenvalue weighted by Crippen LogP contribution is -2.15. The van der Waals surface area contributed by atoms with E-state index >= 15 is 0 Å². The minimum Gasteiger partial charge on any atom is -0.497 e. The highest BCUT2D eigenvalue weighted by Gasteiger charge is 2.08. The molecule has 2 aromatic rings. The first-order valence-electron chi connectivity index (χ1n) is 6.88. The highest BCUT2D eigenvalue weighted by Crippen LogP contribution is 2.24. The molecule has 0 aliphatic rings. The van der Waals surface area contributed by atoms with Crippen LogP contribution in [-0.4, -0.2) is 17.8 Å². The minimum atomic E-state index is 0.636. The third kappa shape index (κ3) is 4.26. The van der Waals surface area contributed by atoms with Gasteiger partial charge in [-0.15, -0.1) is 0 Å². The van der Waals surface area contributed by atoms with Gasteiger partial charge in [-0.05, 0) is 36.2 Å². The molecule has 0 bridgehead atoms. The maximum Gasteiger partial charge on any atom is 0.120 e. The van der Waals surface area contributed by atoms with Gasteiger partial charge in [-0.25, -0.2) is 0 Å². The molecule has 0 amide bonds. The molecule has 0 spiro atoms. The van der Waals surface area contributed by atoms with Gasteiger partial charge in [-0.2, -0.15) is 0 Å². The Morgan fingerprint density at radius 3 is 2.57 bits per heavy atom.